The number of hydrogen-bond acceptors (Lipinski definition) is 5. The van der Waals surface area contributed by atoms with E-state index in [1.165, 1.54) is 0 Å². The molecule has 1 unspecified atom stereocenters. The first kappa shape index (κ1) is 10.6. The van der Waals surface area contributed by atoms with Gasteiger partial charge < -0.3 is 0 Å². The minimum absolute atomic E-state index is 0.233. The van der Waals surface area contributed by atoms with Crippen LogP contribution in [-0.4, -0.2) is 26.7 Å². The Morgan fingerprint density at radius 1 is 1.80 bits per heavy atom. The topological polar surface area (TPSA) is 46.5 Å². The van der Waals surface area contributed by atoms with Crippen molar-refractivity contribution in [2.75, 3.05) is 17.3 Å². The molecule has 0 aliphatic heterocycles. The van der Waals surface area contributed by atoms with E-state index in [-0.39, 0.29) is 5.75 Å². The second kappa shape index (κ2) is 5.31. The van der Waals surface area contributed by atoms with Crippen molar-refractivity contribution < 1.29 is 13.8 Å². The summed E-state index contributed by atoms with van der Waals surface area (Å²) < 4.78 is 14.4. The molecule has 0 saturated carbocycles. The molecule has 0 saturated heterocycles. The molecule has 0 aliphatic carbocycles. The molecular formula is C4H10O3S3. The Morgan fingerprint density at radius 2 is 2.40 bits per heavy atom. The maximum absolute atomic E-state index is 10.8. The molecule has 0 fully saturated rings. The van der Waals surface area contributed by atoms with Crippen molar-refractivity contribution in [3.8, 4) is 0 Å². The summed E-state index contributed by atoms with van der Waals surface area (Å²) in [5.41, 5.74) is 0. The van der Waals surface area contributed by atoms with Gasteiger partial charge in [0.25, 0.3) is 0 Å². The molecule has 0 bridgehead atoms. The normalized spacial score (nSPS) is 16.6. The second-order valence-corrected chi connectivity index (χ2v) is 6.12. The molecule has 0 rings (SSSR count). The van der Waals surface area contributed by atoms with Gasteiger partial charge in [-0.05, 0) is 5.75 Å². The largest absolute Gasteiger partial charge is 0.237 e. The Hall–Kier alpha value is 0.640. The zero-order valence-corrected chi connectivity index (χ0v) is 8.06. The van der Waals surface area contributed by atoms with Gasteiger partial charge in [-0.2, -0.15) is 11.8 Å². The minimum Gasteiger partial charge on any atom is -0.237 e. The van der Waals surface area contributed by atoms with Gasteiger partial charge in [0.2, 0.25) is 0 Å². The fourth-order valence-electron chi connectivity index (χ4n) is 0.343. The summed E-state index contributed by atoms with van der Waals surface area (Å²) in [5.74, 6) is 1.85. The third-order valence-corrected chi connectivity index (χ3v) is 3.57. The van der Waals surface area contributed by atoms with Crippen LogP contribution in [0.4, 0.5) is 0 Å². The summed E-state index contributed by atoms with van der Waals surface area (Å²) in [6.07, 6.45) is 0. The smallest absolute Gasteiger partial charge is 0.174 e. The summed E-state index contributed by atoms with van der Waals surface area (Å²) in [4.78, 5) is 0. The van der Waals surface area contributed by atoms with Gasteiger partial charge in [0.05, 0.1) is 5.75 Å². The van der Waals surface area contributed by atoms with Crippen molar-refractivity contribution in [2.45, 2.75) is 6.92 Å². The summed E-state index contributed by atoms with van der Waals surface area (Å²) in [5, 5.41) is 8.00. The zero-order valence-electron chi connectivity index (χ0n) is 5.61. The Balaban J connectivity index is 3.49. The molecule has 0 aromatic carbocycles. The lowest BCUT2D eigenvalue weighted by atomic mass is 10.9. The number of hydrogen-bond donors (Lipinski definition) is 1. The van der Waals surface area contributed by atoms with Gasteiger partial charge in [-0.3, -0.25) is 0 Å². The quantitative estimate of drug-likeness (QED) is 0.407. The van der Waals surface area contributed by atoms with Crippen LogP contribution in [0.5, 0.6) is 0 Å². The molecule has 0 heterocycles. The molecule has 1 atom stereocenters. The maximum atomic E-state index is 10.8. The van der Waals surface area contributed by atoms with Crippen LogP contribution in [0.15, 0.2) is 0 Å². The van der Waals surface area contributed by atoms with Crippen LogP contribution >= 0.6 is 11.8 Å². The predicted molar refractivity (Wildman–Crippen MR) is 47.1 cm³/mol. The van der Waals surface area contributed by atoms with Gasteiger partial charge in [0, 0.05) is 16.9 Å². The summed E-state index contributed by atoms with van der Waals surface area (Å²) in [6, 6.07) is 0. The van der Waals surface area contributed by atoms with E-state index in [9.17, 15) is 4.21 Å². The molecule has 0 spiro atoms. The molecule has 6 heteroatoms. The first-order chi connectivity index (χ1) is 4.62. The zero-order chi connectivity index (χ0) is 8.04. The Morgan fingerprint density at radius 3 is 2.80 bits per heavy atom. The van der Waals surface area contributed by atoms with Crippen molar-refractivity contribution in [1.82, 2.24) is 0 Å². The van der Waals surface area contributed by atoms with Crippen LogP contribution in [0, 0.1) is 0 Å². The highest BCUT2D eigenvalue weighted by atomic mass is 32.8. The van der Waals surface area contributed by atoms with Crippen LogP contribution in [0.1, 0.15) is 6.92 Å². The summed E-state index contributed by atoms with van der Waals surface area (Å²) in [6.45, 7) is 2.00. The van der Waals surface area contributed by atoms with Gasteiger partial charge >= 0.3 is 0 Å². The second-order valence-electron chi connectivity index (χ2n) is 1.53. The van der Waals surface area contributed by atoms with E-state index >= 15 is 0 Å². The van der Waals surface area contributed by atoms with Crippen LogP contribution in [-0.2, 0) is 24.3 Å². The van der Waals surface area contributed by atoms with E-state index in [0.29, 0.717) is 5.75 Å². The number of rotatable bonds is 5. The molecule has 62 valence electrons. The van der Waals surface area contributed by atoms with E-state index in [1.807, 2.05) is 6.92 Å². The molecule has 10 heavy (non-hydrogen) atoms. The molecule has 0 aromatic rings. The van der Waals surface area contributed by atoms with Crippen LogP contribution in [0.3, 0.4) is 0 Å². The lowest BCUT2D eigenvalue weighted by Crippen LogP contribution is -2.08. The lowest BCUT2D eigenvalue weighted by molar-refractivity contribution is -0.124. The van der Waals surface area contributed by atoms with E-state index in [2.05, 4.69) is 15.5 Å². The molecule has 0 amide bonds. The highest BCUT2D eigenvalue weighted by molar-refractivity contribution is 8.30. The van der Waals surface area contributed by atoms with E-state index < -0.39 is 8.77 Å². The maximum Gasteiger partial charge on any atom is 0.174 e. The highest BCUT2D eigenvalue weighted by Crippen LogP contribution is 2.01. The Bertz CT molecular complexity index is 163. The van der Waals surface area contributed by atoms with Gasteiger partial charge in [0.15, 0.2) is 8.77 Å². The first-order valence-corrected chi connectivity index (χ1v) is 6.49. The molecule has 3 nitrogen and oxygen atoms in total. The Kier molecular flexibility index (Phi) is 5.65. The fraction of sp³-hybridized carbons (Fsp3) is 1.00. The monoisotopic (exact) mass is 202 g/mol. The van der Waals surface area contributed by atoms with Gasteiger partial charge in [-0.1, -0.05) is 6.92 Å². The van der Waals surface area contributed by atoms with Crippen LogP contribution in [0.25, 0.3) is 0 Å². The van der Waals surface area contributed by atoms with E-state index in [1.54, 1.807) is 11.8 Å². The lowest BCUT2D eigenvalue weighted by Gasteiger charge is -1.99. The summed E-state index contributed by atoms with van der Waals surface area (Å²) in [7, 11) is -2.82. The van der Waals surface area contributed by atoms with E-state index in [0.717, 1.165) is 5.75 Å². The standard InChI is InChI=1S/C4H10O3S3/c1-2-9-3-4-10(6,8)7-5/h5H,2-4H2,1H3. The highest BCUT2D eigenvalue weighted by Gasteiger charge is 2.03. The molecule has 0 aromatic heterocycles. The van der Waals surface area contributed by atoms with Crippen LogP contribution < -0.4 is 0 Å². The average molecular weight is 202 g/mol. The molecular weight excluding hydrogens is 192 g/mol. The van der Waals surface area contributed by atoms with Gasteiger partial charge in [-0.15, -0.1) is 4.33 Å². The average Bonchev–Trinajstić information content (AvgIpc) is 1.89. The molecule has 0 aliphatic rings. The molecule has 1 N–H and O–H groups in total. The molecule has 0 radical (unpaired) electrons. The fourth-order valence-corrected chi connectivity index (χ4v) is 2.61. The van der Waals surface area contributed by atoms with Crippen molar-refractivity contribution in [3.63, 3.8) is 0 Å². The summed E-state index contributed by atoms with van der Waals surface area (Å²) >= 11 is 6.01. The predicted octanol–water partition coefficient (Wildman–Crippen LogP) is 0.890. The van der Waals surface area contributed by atoms with Gasteiger partial charge in [0.1, 0.15) is 0 Å². The van der Waals surface area contributed by atoms with Crippen molar-refractivity contribution in [1.29, 1.82) is 0 Å². The third kappa shape index (κ3) is 5.43. The van der Waals surface area contributed by atoms with Crippen molar-refractivity contribution in [3.05, 3.63) is 0 Å². The van der Waals surface area contributed by atoms with Crippen molar-refractivity contribution >= 4 is 31.7 Å². The van der Waals surface area contributed by atoms with Gasteiger partial charge in [-0.25, -0.2) is 9.47 Å². The van der Waals surface area contributed by atoms with E-state index in [4.69, 9.17) is 5.26 Å². The number of thioether (sulfide) groups is 1. The minimum atomic E-state index is -2.82. The van der Waals surface area contributed by atoms with Crippen molar-refractivity contribution in [2.24, 2.45) is 0 Å². The third-order valence-electron chi connectivity index (χ3n) is 0.795. The van der Waals surface area contributed by atoms with Crippen LogP contribution in [0.2, 0.25) is 0 Å². The first-order valence-electron chi connectivity index (χ1n) is 2.76. The SMILES string of the molecule is CCSCCS(=O)(=S)OO. The Labute approximate surface area is 70.0 Å².